The van der Waals surface area contributed by atoms with Crippen LogP contribution in [0.1, 0.15) is 0 Å². The lowest BCUT2D eigenvalue weighted by Gasteiger charge is -1.79. The van der Waals surface area contributed by atoms with Gasteiger partial charge in [-0.15, -0.1) is 12.4 Å². The van der Waals surface area contributed by atoms with Crippen LogP contribution in [-0.4, -0.2) is 23.1 Å². The molecule has 0 amide bonds. The van der Waals surface area contributed by atoms with Gasteiger partial charge in [0.05, 0.1) is 5.88 Å². The molecule has 0 atom stereocenters. The first-order valence-corrected chi connectivity index (χ1v) is 3.23. The third kappa shape index (κ3) is 0.997. The monoisotopic (exact) mass is 161 g/mol. The largest absolute Gasteiger partial charge is 0.253 e. The fraction of sp³-hybridized carbons (Fsp3) is 0.250. The van der Waals surface area contributed by atoms with Gasteiger partial charge in [0.2, 0.25) is 0 Å². The number of rotatable bonds is 0. The Kier molecular flexibility index (Phi) is 1.87. The van der Waals surface area contributed by atoms with Gasteiger partial charge in [-0.1, -0.05) is 11.8 Å². The Hall–Kier alpha value is -0.350. The third-order valence-electron chi connectivity index (χ3n) is 0.962. The Morgan fingerprint density at radius 1 is 1.56 bits per heavy atom. The standard InChI is InChI=1S/C4H3N3S.ClH/c1-5-3-4(6-1)8-2-7-3;/h1H,2H2;1H. The minimum atomic E-state index is 0. The molecule has 0 aliphatic carbocycles. The quantitative estimate of drug-likeness (QED) is 0.521. The molecule has 2 rings (SSSR count). The molecule has 0 N–H and O–H groups in total. The smallest absolute Gasteiger partial charge is 0.182 e. The van der Waals surface area contributed by atoms with E-state index in [1.807, 2.05) is 0 Å². The van der Waals surface area contributed by atoms with Gasteiger partial charge in [0.25, 0.3) is 0 Å². The average molecular weight is 162 g/mol. The average Bonchev–Trinajstić information content (AvgIpc) is 2.15. The van der Waals surface area contributed by atoms with Crippen molar-refractivity contribution in [3.63, 3.8) is 0 Å². The van der Waals surface area contributed by atoms with Gasteiger partial charge in [-0.25, -0.2) is 9.98 Å². The predicted octanol–water partition coefficient (Wildman–Crippen LogP) is 0.951. The Morgan fingerprint density at radius 2 is 2.44 bits per heavy atom. The van der Waals surface area contributed by atoms with Crippen molar-refractivity contribution in [2.24, 2.45) is 15.0 Å². The van der Waals surface area contributed by atoms with E-state index in [2.05, 4.69) is 15.0 Å². The van der Waals surface area contributed by atoms with Crippen LogP contribution in [0.25, 0.3) is 0 Å². The summed E-state index contributed by atoms with van der Waals surface area (Å²) in [7, 11) is 0. The van der Waals surface area contributed by atoms with Crippen LogP contribution in [0.3, 0.4) is 0 Å². The molecule has 0 spiro atoms. The van der Waals surface area contributed by atoms with Crippen molar-refractivity contribution in [1.82, 2.24) is 0 Å². The molecule has 2 aliphatic rings. The maximum absolute atomic E-state index is 4.05. The molecule has 0 saturated heterocycles. The van der Waals surface area contributed by atoms with Crippen molar-refractivity contribution in [3.05, 3.63) is 0 Å². The first-order valence-electron chi connectivity index (χ1n) is 2.25. The minimum absolute atomic E-state index is 0. The first kappa shape index (κ1) is 6.77. The molecule has 0 fully saturated rings. The number of hydrogen-bond acceptors (Lipinski definition) is 4. The van der Waals surface area contributed by atoms with Crippen LogP contribution in [0.4, 0.5) is 0 Å². The van der Waals surface area contributed by atoms with Crippen molar-refractivity contribution in [3.8, 4) is 0 Å². The molecule has 48 valence electrons. The molecular weight excluding hydrogens is 158 g/mol. The van der Waals surface area contributed by atoms with E-state index in [9.17, 15) is 0 Å². The third-order valence-corrected chi connectivity index (χ3v) is 1.78. The second-order valence-electron chi connectivity index (χ2n) is 1.43. The first-order chi connectivity index (χ1) is 3.97. The molecular formula is C4H4ClN3S. The highest BCUT2D eigenvalue weighted by Gasteiger charge is 2.16. The number of fused-ring (bicyclic) bond motifs is 1. The Labute approximate surface area is 62.8 Å². The fourth-order valence-electron chi connectivity index (χ4n) is 0.614. The van der Waals surface area contributed by atoms with Gasteiger partial charge in [-0.2, -0.15) is 0 Å². The van der Waals surface area contributed by atoms with Crippen LogP contribution in [0.15, 0.2) is 15.0 Å². The highest BCUT2D eigenvalue weighted by atomic mass is 35.5. The molecule has 2 aliphatic heterocycles. The SMILES string of the molecule is C1=NC2=NCSC2=N1.Cl. The highest BCUT2D eigenvalue weighted by molar-refractivity contribution is 8.16. The summed E-state index contributed by atoms with van der Waals surface area (Å²) in [4.78, 5) is 11.9. The molecule has 0 aromatic carbocycles. The zero-order valence-electron chi connectivity index (χ0n) is 4.44. The molecule has 0 aromatic rings. The van der Waals surface area contributed by atoms with Crippen molar-refractivity contribution < 1.29 is 0 Å². The Morgan fingerprint density at radius 3 is 3.22 bits per heavy atom. The van der Waals surface area contributed by atoms with Crippen LogP contribution in [0.5, 0.6) is 0 Å². The van der Waals surface area contributed by atoms with Crippen LogP contribution in [0, 0.1) is 0 Å². The summed E-state index contributed by atoms with van der Waals surface area (Å²) in [5.74, 6) is 1.61. The summed E-state index contributed by atoms with van der Waals surface area (Å²) in [6, 6.07) is 0. The van der Waals surface area contributed by atoms with E-state index in [-0.39, 0.29) is 12.4 Å². The summed E-state index contributed by atoms with van der Waals surface area (Å²) in [5.41, 5.74) is 0. The fourth-order valence-corrected chi connectivity index (χ4v) is 1.29. The maximum Gasteiger partial charge on any atom is 0.182 e. The van der Waals surface area contributed by atoms with Gasteiger partial charge in [0.15, 0.2) is 5.84 Å². The number of thioether (sulfide) groups is 1. The van der Waals surface area contributed by atoms with E-state index in [1.165, 1.54) is 0 Å². The van der Waals surface area contributed by atoms with E-state index in [0.29, 0.717) is 0 Å². The molecule has 2 heterocycles. The molecule has 5 heteroatoms. The van der Waals surface area contributed by atoms with E-state index in [4.69, 9.17) is 0 Å². The summed E-state index contributed by atoms with van der Waals surface area (Å²) in [5, 5.41) is 0.977. The summed E-state index contributed by atoms with van der Waals surface area (Å²) < 4.78 is 0. The van der Waals surface area contributed by atoms with Crippen LogP contribution in [0.2, 0.25) is 0 Å². The van der Waals surface area contributed by atoms with E-state index in [0.717, 1.165) is 16.8 Å². The Bertz CT molecular complexity index is 208. The minimum Gasteiger partial charge on any atom is -0.253 e. The van der Waals surface area contributed by atoms with Crippen LogP contribution >= 0.6 is 24.2 Å². The molecule has 0 aromatic heterocycles. The number of hydrogen-bond donors (Lipinski definition) is 0. The number of aliphatic imine (C=N–C) groups is 3. The van der Waals surface area contributed by atoms with Gasteiger partial charge in [-0.05, 0) is 0 Å². The summed E-state index contributed by atoms with van der Waals surface area (Å²) in [6.45, 7) is 0. The molecule has 0 radical (unpaired) electrons. The lowest BCUT2D eigenvalue weighted by atomic mass is 10.7. The van der Waals surface area contributed by atoms with Crippen LogP contribution < -0.4 is 0 Å². The number of nitrogens with zero attached hydrogens (tertiary/aromatic N) is 3. The predicted molar refractivity (Wildman–Crippen MR) is 43.1 cm³/mol. The topological polar surface area (TPSA) is 37.1 Å². The van der Waals surface area contributed by atoms with E-state index < -0.39 is 0 Å². The molecule has 0 saturated carbocycles. The number of halogens is 1. The maximum atomic E-state index is 4.05. The van der Waals surface area contributed by atoms with Gasteiger partial charge >= 0.3 is 0 Å². The van der Waals surface area contributed by atoms with Crippen molar-refractivity contribution in [1.29, 1.82) is 0 Å². The zero-order chi connectivity index (χ0) is 5.40. The lowest BCUT2D eigenvalue weighted by Crippen LogP contribution is -1.94. The summed E-state index contributed by atoms with van der Waals surface area (Å²) in [6.07, 6.45) is 1.54. The van der Waals surface area contributed by atoms with E-state index in [1.54, 1.807) is 18.1 Å². The van der Waals surface area contributed by atoms with Crippen molar-refractivity contribution >= 4 is 41.4 Å². The van der Waals surface area contributed by atoms with Crippen LogP contribution in [-0.2, 0) is 0 Å². The molecule has 0 unspecified atom stereocenters. The van der Waals surface area contributed by atoms with Crippen molar-refractivity contribution in [2.75, 3.05) is 5.88 Å². The second-order valence-corrected chi connectivity index (χ2v) is 2.37. The normalized spacial score (nSPS) is 20.4. The lowest BCUT2D eigenvalue weighted by molar-refractivity contribution is 1.39. The van der Waals surface area contributed by atoms with Gasteiger partial charge in [0, 0.05) is 0 Å². The van der Waals surface area contributed by atoms with E-state index >= 15 is 0 Å². The Balaban J connectivity index is 0.000000405. The molecule has 9 heavy (non-hydrogen) atoms. The molecule has 0 bridgehead atoms. The summed E-state index contributed by atoms with van der Waals surface area (Å²) >= 11 is 1.63. The van der Waals surface area contributed by atoms with Gasteiger partial charge in [0.1, 0.15) is 11.4 Å². The zero-order valence-corrected chi connectivity index (χ0v) is 6.08. The highest BCUT2D eigenvalue weighted by Crippen LogP contribution is 2.16. The van der Waals surface area contributed by atoms with Gasteiger partial charge in [-0.3, -0.25) is 4.99 Å². The van der Waals surface area contributed by atoms with Crippen molar-refractivity contribution in [2.45, 2.75) is 0 Å². The van der Waals surface area contributed by atoms with Gasteiger partial charge < -0.3 is 0 Å². The second kappa shape index (κ2) is 2.49. The molecule has 3 nitrogen and oxygen atoms in total. The number of amidine groups is 1.